The molecule has 0 aromatic rings. The standard InChI is InChI=1S/C14H28N2/c1-4-14(3)5-7-16(8-6-14)11-13-10-15-9-12(13)2/h12-13,15H,4-11H2,1-3H3. The molecule has 94 valence electrons. The van der Waals surface area contributed by atoms with Crippen molar-refractivity contribution in [3.8, 4) is 0 Å². The first-order valence-corrected chi connectivity index (χ1v) is 7.06. The van der Waals surface area contributed by atoms with Gasteiger partial charge in [-0.3, -0.25) is 0 Å². The SMILES string of the molecule is CCC1(C)CCN(CC2CNCC2C)CC1. The maximum atomic E-state index is 3.51. The molecule has 0 bridgehead atoms. The van der Waals surface area contributed by atoms with E-state index in [0.29, 0.717) is 5.41 Å². The molecule has 0 saturated carbocycles. The van der Waals surface area contributed by atoms with Gasteiger partial charge >= 0.3 is 0 Å². The lowest BCUT2D eigenvalue weighted by Gasteiger charge is -2.40. The number of likely N-dealkylation sites (tertiary alicyclic amines) is 1. The predicted octanol–water partition coefficient (Wildman–Crippen LogP) is 2.35. The van der Waals surface area contributed by atoms with E-state index < -0.39 is 0 Å². The number of hydrogen-bond donors (Lipinski definition) is 1. The molecule has 2 aliphatic heterocycles. The van der Waals surface area contributed by atoms with Crippen molar-refractivity contribution in [2.75, 3.05) is 32.7 Å². The van der Waals surface area contributed by atoms with E-state index in [1.165, 1.54) is 52.0 Å². The summed E-state index contributed by atoms with van der Waals surface area (Å²) in [6.45, 7) is 13.6. The minimum Gasteiger partial charge on any atom is -0.316 e. The molecule has 2 unspecified atom stereocenters. The van der Waals surface area contributed by atoms with Gasteiger partial charge in [0.05, 0.1) is 0 Å². The highest BCUT2D eigenvalue weighted by molar-refractivity contribution is 4.85. The van der Waals surface area contributed by atoms with Crippen molar-refractivity contribution < 1.29 is 0 Å². The Morgan fingerprint density at radius 3 is 2.44 bits per heavy atom. The first kappa shape index (κ1) is 12.4. The van der Waals surface area contributed by atoms with Gasteiger partial charge in [0.25, 0.3) is 0 Å². The zero-order valence-corrected chi connectivity index (χ0v) is 11.3. The molecule has 0 spiro atoms. The molecule has 2 rings (SSSR count). The summed E-state index contributed by atoms with van der Waals surface area (Å²) >= 11 is 0. The van der Waals surface area contributed by atoms with Crippen molar-refractivity contribution in [2.24, 2.45) is 17.3 Å². The van der Waals surface area contributed by atoms with Gasteiger partial charge < -0.3 is 10.2 Å². The van der Waals surface area contributed by atoms with Crippen molar-refractivity contribution in [3.63, 3.8) is 0 Å². The molecule has 2 atom stereocenters. The molecule has 0 aromatic carbocycles. The largest absolute Gasteiger partial charge is 0.316 e. The zero-order chi connectivity index (χ0) is 11.6. The fourth-order valence-corrected chi connectivity index (χ4v) is 3.07. The van der Waals surface area contributed by atoms with Gasteiger partial charge in [-0.25, -0.2) is 0 Å². The van der Waals surface area contributed by atoms with Crippen LogP contribution in [0.3, 0.4) is 0 Å². The van der Waals surface area contributed by atoms with Crippen LogP contribution in [-0.2, 0) is 0 Å². The van der Waals surface area contributed by atoms with Gasteiger partial charge in [-0.15, -0.1) is 0 Å². The summed E-state index contributed by atoms with van der Waals surface area (Å²) in [6, 6.07) is 0. The average molecular weight is 224 g/mol. The Balaban J connectivity index is 1.77. The van der Waals surface area contributed by atoms with Gasteiger partial charge in [0.15, 0.2) is 0 Å². The van der Waals surface area contributed by atoms with E-state index in [1.807, 2.05) is 0 Å². The number of hydrogen-bond acceptors (Lipinski definition) is 2. The predicted molar refractivity (Wildman–Crippen MR) is 69.6 cm³/mol. The maximum Gasteiger partial charge on any atom is 0.00248 e. The highest BCUT2D eigenvalue weighted by atomic mass is 15.1. The van der Waals surface area contributed by atoms with Crippen molar-refractivity contribution in [2.45, 2.75) is 40.0 Å². The van der Waals surface area contributed by atoms with E-state index in [1.54, 1.807) is 0 Å². The second-order valence-electron chi connectivity index (χ2n) is 6.36. The third-order valence-corrected chi connectivity index (χ3v) is 5.09. The average Bonchev–Trinajstić information content (AvgIpc) is 2.68. The summed E-state index contributed by atoms with van der Waals surface area (Å²) in [7, 11) is 0. The van der Waals surface area contributed by atoms with Crippen LogP contribution in [-0.4, -0.2) is 37.6 Å². The molecule has 0 aliphatic carbocycles. The van der Waals surface area contributed by atoms with E-state index in [4.69, 9.17) is 0 Å². The first-order valence-electron chi connectivity index (χ1n) is 7.06. The van der Waals surface area contributed by atoms with Gasteiger partial charge in [-0.05, 0) is 56.3 Å². The molecule has 0 amide bonds. The van der Waals surface area contributed by atoms with Gasteiger partial charge in [0.2, 0.25) is 0 Å². The fourth-order valence-electron chi connectivity index (χ4n) is 3.07. The van der Waals surface area contributed by atoms with Crippen LogP contribution in [0.5, 0.6) is 0 Å². The number of rotatable bonds is 3. The Labute approximate surface area is 101 Å². The van der Waals surface area contributed by atoms with E-state index in [-0.39, 0.29) is 0 Å². The van der Waals surface area contributed by atoms with Gasteiger partial charge in [-0.1, -0.05) is 27.2 Å². The van der Waals surface area contributed by atoms with Gasteiger partial charge in [0, 0.05) is 6.54 Å². The molecule has 16 heavy (non-hydrogen) atoms. The monoisotopic (exact) mass is 224 g/mol. The topological polar surface area (TPSA) is 15.3 Å². The van der Waals surface area contributed by atoms with Crippen molar-refractivity contribution in [1.29, 1.82) is 0 Å². The summed E-state index contributed by atoms with van der Waals surface area (Å²) < 4.78 is 0. The third-order valence-electron chi connectivity index (χ3n) is 5.09. The van der Waals surface area contributed by atoms with Crippen LogP contribution in [0.4, 0.5) is 0 Å². The first-order chi connectivity index (χ1) is 7.63. The molecule has 2 heterocycles. The van der Waals surface area contributed by atoms with Gasteiger partial charge in [0.1, 0.15) is 0 Å². The summed E-state index contributed by atoms with van der Waals surface area (Å²) in [6.07, 6.45) is 4.15. The van der Waals surface area contributed by atoms with E-state index in [9.17, 15) is 0 Å². The van der Waals surface area contributed by atoms with Crippen molar-refractivity contribution in [3.05, 3.63) is 0 Å². The molecule has 0 radical (unpaired) electrons. The van der Waals surface area contributed by atoms with Crippen LogP contribution in [0.25, 0.3) is 0 Å². The molecule has 2 saturated heterocycles. The molecule has 2 aliphatic rings. The summed E-state index contributed by atoms with van der Waals surface area (Å²) in [4.78, 5) is 2.70. The molecular formula is C14H28N2. The summed E-state index contributed by atoms with van der Waals surface area (Å²) in [5, 5.41) is 3.51. The molecule has 2 nitrogen and oxygen atoms in total. The van der Waals surface area contributed by atoms with E-state index >= 15 is 0 Å². The quantitative estimate of drug-likeness (QED) is 0.791. The zero-order valence-electron chi connectivity index (χ0n) is 11.3. The third kappa shape index (κ3) is 2.78. The molecule has 1 N–H and O–H groups in total. The van der Waals surface area contributed by atoms with Crippen molar-refractivity contribution >= 4 is 0 Å². The van der Waals surface area contributed by atoms with Crippen LogP contribution in [0.2, 0.25) is 0 Å². The van der Waals surface area contributed by atoms with Gasteiger partial charge in [-0.2, -0.15) is 0 Å². The van der Waals surface area contributed by atoms with Crippen LogP contribution in [0.15, 0.2) is 0 Å². The minimum atomic E-state index is 0.635. The van der Waals surface area contributed by atoms with Crippen molar-refractivity contribution in [1.82, 2.24) is 10.2 Å². The lowest BCUT2D eigenvalue weighted by molar-refractivity contribution is 0.0985. The maximum absolute atomic E-state index is 3.51. The minimum absolute atomic E-state index is 0.635. The Morgan fingerprint density at radius 1 is 1.25 bits per heavy atom. The molecule has 2 fully saturated rings. The van der Waals surface area contributed by atoms with Crippen LogP contribution in [0.1, 0.15) is 40.0 Å². The number of nitrogens with one attached hydrogen (secondary N) is 1. The molecule has 0 aromatic heterocycles. The second-order valence-corrected chi connectivity index (χ2v) is 6.36. The van der Waals surface area contributed by atoms with Crippen LogP contribution < -0.4 is 5.32 Å². The highest BCUT2D eigenvalue weighted by Gasteiger charge is 2.31. The summed E-state index contributed by atoms with van der Waals surface area (Å²) in [5.41, 5.74) is 0.635. The Hall–Kier alpha value is -0.0800. The number of nitrogens with zero attached hydrogens (tertiary/aromatic N) is 1. The van der Waals surface area contributed by atoms with Crippen LogP contribution >= 0.6 is 0 Å². The summed E-state index contributed by atoms with van der Waals surface area (Å²) in [5.74, 6) is 1.77. The smallest absolute Gasteiger partial charge is 0.00248 e. The van der Waals surface area contributed by atoms with E-state index in [2.05, 4.69) is 31.0 Å². The Kier molecular flexibility index (Phi) is 3.91. The van der Waals surface area contributed by atoms with E-state index in [0.717, 1.165) is 11.8 Å². The lowest BCUT2D eigenvalue weighted by atomic mass is 9.78. The Morgan fingerprint density at radius 2 is 1.94 bits per heavy atom. The fraction of sp³-hybridized carbons (Fsp3) is 1.00. The second kappa shape index (κ2) is 5.05. The van der Waals surface area contributed by atoms with Crippen LogP contribution in [0, 0.1) is 17.3 Å². The highest BCUT2D eigenvalue weighted by Crippen LogP contribution is 2.34. The molecular weight excluding hydrogens is 196 g/mol. The lowest BCUT2D eigenvalue weighted by Crippen LogP contribution is -2.41. The molecule has 2 heteroatoms. The number of piperidine rings is 1. The normalized spacial score (nSPS) is 35.4. The Bertz CT molecular complexity index is 219.